The fourth-order valence-electron chi connectivity index (χ4n) is 2.98. The third kappa shape index (κ3) is 3.71. The van der Waals surface area contributed by atoms with Crippen LogP contribution in [0.4, 0.5) is 0 Å². The lowest BCUT2D eigenvalue weighted by atomic mass is 9.93. The van der Waals surface area contributed by atoms with Gasteiger partial charge in [-0.05, 0) is 35.2 Å². The van der Waals surface area contributed by atoms with E-state index >= 15 is 0 Å². The number of benzene rings is 1. The van der Waals surface area contributed by atoms with Gasteiger partial charge < -0.3 is 15.2 Å². The van der Waals surface area contributed by atoms with Gasteiger partial charge in [0.15, 0.2) is 0 Å². The van der Waals surface area contributed by atoms with Crippen molar-refractivity contribution in [3.63, 3.8) is 0 Å². The SMILES string of the molecule is O=C(Cc1csc2ccccc12)NC(C(=O)O)C1CCCOC1. The fraction of sp³-hybridized carbons (Fsp3) is 0.412. The number of carboxylic acids is 1. The van der Waals surface area contributed by atoms with Crippen molar-refractivity contribution in [3.05, 3.63) is 35.2 Å². The van der Waals surface area contributed by atoms with Gasteiger partial charge in [0.05, 0.1) is 13.0 Å². The Morgan fingerprint density at radius 1 is 1.39 bits per heavy atom. The molecule has 0 spiro atoms. The topological polar surface area (TPSA) is 75.6 Å². The number of carbonyl (C=O) groups excluding carboxylic acids is 1. The summed E-state index contributed by atoms with van der Waals surface area (Å²) in [5.74, 6) is -1.42. The van der Waals surface area contributed by atoms with Crippen molar-refractivity contribution in [2.75, 3.05) is 13.2 Å². The van der Waals surface area contributed by atoms with Crippen LogP contribution in [-0.2, 0) is 20.7 Å². The summed E-state index contributed by atoms with van der Waals surface area (Å²) in [4.78, 5) is 23.8. The number of aliphatic carboxylic acids is 1. The van der Waals surface area contributed by atoms with E-state index in [1.54, 1.807) is 11.3 Å². The molecule has 6 heteroatoms. The number of hydrogen-bond donors (Lipinski definition) is 2. The van der Waals surface area contributed by atoms with E-state index in [0.717, 1.165) is 28.5 Å². The highest BCUT2D eigenvalue weighted by molar-refractivity contribution is 7.17. The number of carboxylic acid groups (broad SMARTS) is 1. The van der Waals surface area contributed by atoms with E-state index in [1.807, 2.05) is 29.6 Å². The highest BCUT2D eigenvalue weighted by atomic mass is 32.1. The van der Waals surface area contributed by atoms with Crippen LogP contribution in [0.2, 0.25) is 0 Å². The van der Waals surface area contributed by atoms with Crippen LogP contribution in [-0.4, -0.2) is 36.2 Å². The van der Waals surface area contributed by atoms with Gasteiger partial charge in [0, 0.05) is 17.2 Å². The highest BCUT2D eigenvalue weighted by Gasteiger charge is 2.31. The number of hydrogen-bond acceptors (Lipinski definition) is 4. The maximum absolute atomic E-state index is 12.3. The van der Waals surface area contributed by atoms with Gasteiger partial charge in [-0.2, -0.15) is 0 Å². The number of rotatable bonds is 5. The molecule has 1 amide bonds. The molecular weight excluding hydrogens is 314 g/mol. The Bertz CT molecular complexity index is 705. The Morgan fingerprint density at radius 3 is 2.96 bits per heavy atom. The first-order chi connectivity index (χ1) is 11.1. The van der Waals surface area contributed by atoms with Crippen molar-refractivity contribution in [1.82, 2.24) is 5.32 Å². The number of ether oxygens (including phenoxy) is 1. The number of thiophene rings is 1. The standard InChI is InChI=1S/C17H19NO4S/c19-15(8-12-10-23-14-6-2-1-5-13(12)14)18-16(17(20)21)11-4-3-7-22-9-11/h1-2,5-6,10-11,16H,3-4,7-9H2,(H,18,19)(H,20,21). The molecule has 23 heavy (non-hydrogen) atoms. The van der Waals surface area contributed by atoms with Crippen molar-refractivity contribution in [2.45, 2.75) is 25.3 Å². The van der Waals surface area contributed by atoms with E-state index in [1.165, 1.54) is 0 Å². The molecule has 1 fully saturated rings. The third-order valence-corrected chi connectivity index (χ3v) is 5.17. The van der Waals surface area contributed by atoms with Gasteiger partial charge in [-0.25, -0.2) is 4.79 Å². The quantitative estimate of drug-likeness (QED) is 0.881. The van der Waals surface area contributed by atoms with E-state index in [9.17, 15) is 14.7 Å². The number of fused-ring (bicyclic) bond motifs is 1. The summed E-state index contributed by atoms with van der Waals surface area (Å²) < 4.78 is 6.48. The molecule has 1 saturated heterocycles. The van der Waals surface area contributed by atoms with Crippen molar-refractivity contribution in [2.24, 2.45) is 5.92 Å². The average Bonchev–Trinajstić information content (AvgIpc) is 2.96. The van der Waals surface area contributed by atoms with E-state index in [-0.39, 0.29) is 18.2 Å². The Kier molecular flexibility index (Phi) is 4.93. The molecule has 0 radical (unpaired) electrons. The molecule has 0 saturated carbocycles. The predicted octanol–water partition coefficient (Wildman–Crippen LogP) is 2.44. The molecule has 1 aromatic heterocycles. The van der Waals surface area contributed by atoms with E-state index in [4.69, 9.17) is 4.74 Å². The molecule has 2 N–H and O–H groups in total. The van der Waals surface area contributed by atoms with Gasteiger partial charge in [0.1, 0.15) is 6.04 Å². The fourth-order valence-corrected chi connectivity index (χ4v) is 3.94. The molecule has 2 aromatic rings. The molecule has 2 heterocycles. The third-order valence-electron chi connectivity index (χ3n) is 4.16. The van der Waals surface area contributed by atoms with E-state index in [2.05, 4.69) is 5.32 Å². The average molecular weight is 333 g/mol. The summed E-state index contributed by atoms with van der Waals surface area (Å²) >= 11 is 1.59. The molecule has 122 valence electrons. The van der Waals surface area contributed by atoms with Gasteiger partial charge in [-0.1, -0.05) is 18.2 Å². The van der Waals surface area contributed by atoms with Crippen LogP contribution in [0, 0.1) is 5.92 Å². The first kappa shape index (κ1) is 16.0. The van der Waals surface area contributed by atoms with Crippen molar-refractivity contribution >= 4 is 33.3 Å². The molecule has 1 aliphatic heterocycles. The molecule has 2 unspecified atom stereocenters. The second-order valence-electron chi connectivity index (χ2n) is 5.79. The Balaban J connectivity index is 1.68. The van der Waals surface area contributed by atoms with E-state index in [0.29, 0.717) is 13.2 Å². The second kappa shape index (κ2) is 7.10. The first-order valence-corrected chi connectivity index (χ1v) is 8.58. The van der Waals surface area contributed by atoms with Crippen LogP contribution in [0.25, 0.3) is 10.1 Å². The van der Waals surface area contributed by atoms with Crippen molar-refractivity contribution in [3.8, 4) is 0 Å². The van der Waals surface area contributed by atoms with Gasteiger partial charge in [-0.3, -0.25) is 4.79 Å². The first-order valence-electron chi connectivity index (χ1n) is 7.70. The van der Waals surface area contributed by atoms with Crippen LogP contribution in [0.3, 0.4) is 0 Å². The van der Waals surface area contributed by atoms with Gasteiger partial charge in [-0.15, -0.1) is 11.3 Å². The lowest BCUT2D eigenvalue weighted by Crippen LogP contribution is -2.48. The number of carbonyl (C=O) groups is 2. The minimum atomic E-state index is -0.996. The molecule has 2 atom stereocenters. The monoisotopic (exact) mass is 333 g/mol. The van der Waals surface area contributed by atoms with Crippen molar-refractivity contribution < 1.29 is 19.4 Å². The number of nitrogens with one attached hydrogen (secondary N) is 1. The Labute approximate surface area is 138 Å². The van der Waals surface area contributed by atoms with Gasteiger partial charge >= 0.3 is 5.97 Å². The van der Waals surface area contributed by atoms with Crippen LogP contribution >= 0.6 is 11.3 Å². The summed E-state index contributed by atoms with van der Waals surface area (Å²) in [6, 6.07) is 7.02. The van der Waals surface area contributed by atoms with Gasteiger partial charge in [0.25, 0.3) is 0 Å². The second-order valence-corrected chi connectivity index (χ2v) is 6.71. The Morgan fingerprint density at radius 2 is 2.22 bits per heavy atom. The van der Waals surface area contributed by atoms with Crippen LogP contribution in [0.1, 0.15) is 18.4 Å². The minimum Gasteiger partial charge on any atom is -0.480 e. The maximum Gasteiger partial charge on any atom is 0.326 e. The van der Waals surface area contributed by atoms with E-state index < -0.39 is 12.0 Å². The highest BCUT2D eigenvalue weighted by Crippen LogP contribution is 2.26. The largest absolute Gasteiger partial charge is 0.480 e. The molecule has 1 aromatic carbocycles. The van der Waals surface area contributed by atoms with Gasteiger partial charge in [0.2, 0.25) is 5.91 Å². The molecule has 5 nitrogen and oxygen atoms in total. The molecule has 0 aliphatic carbocycles. The van der Waals surface area contributed by atoms with Crippen LogP contribution in [0.15, 0.2) is 29.6 Å². The number of amides is 1. The molecule has 1 aliphatic rings. The summed E-state index contributed by atoms with van der Waals surface area (Å²) in [7, 11) is 0. The predicted molar refractivity (Wildman–Crippen MR) is 88.6 cm³/mol. The van der Waals surface area contributed by atoms with Crippen LogP contribution in [0.5, 0.6) is 0 Å². The zero-order chi connectivity index (χ0) is 16.2. The minimum absolute atomic E-state index is 0.163. The smallest absolute Gasteiger partial charge is 0.326 e. The molecule has 3 rings (SSSR count). The summed E-state index contributed by atoms with van der Waals surface area (Å²) in [6.45, 7) is 1.05. The summed E-state index contributed by atoms with van der Waals surface area (Å²) in [5, 5.41) is 15.1. The maximum atomic E-state index is 12.3. The summed E-state index contributed by atoms with van der Waals surface area (Å²) in [6.07, 6.45) is 1.79. The normalized spacial score (nSPS) is 19.4. The Hall–Kier alpha value is -1.92. The summed E-state index contributed by atoms with van der Waals surface area (Å²) in [5.41, 5.74) is 0.937. The lowest BCUT2D eigenvalue weighted by Gasteiger charge is -2.28. The lowest BCUT2D eigenvalue weighted by molar-refractivity contribution is -0.145. The molecule has 0 bridgehead atoms. The van der Waals surface area contributed by atoms with Crippen LogP contribution < -0.4 is 5.32 Å². The molecular formula is C17H19NO4S. The van der Waals surface area contributed by atoms with Crippen molar-refractivity contribution in [1.29, 1.82) is 0 Å². The zero-order valence-corrected chi connectivity index (χ0v) is 13.5. The zero-order valence-electron chi connectivity index (χ0n) is 12.7.